The van der Waals surface area contributed by atoms with Gasteiger partial charge in [-0.3, -0.25) is 24.3 Å². The summed E-state index contributed by atoms with van der Waals surface area (Å²) in [6.07, 6.45) is 6.33. The van der Waals surface area contributed by atoms with E-state index in [1.165, 1.54) is 4.90 Å². The number of nitrogens with one attached hydrogen (secondary N) is 1. The molecule has 0 unspecified atom stereocenters. The van der Waals surface area contributed by atoms with Gasteiger partial charge in [0.05, 0.1) is 31.2 Å². The van der Waals surface area contributed by atoms with E-state index >= 15 is 0 Å². The van der Waals surface area contributed by atoms with Crippen molar-refractivity contribution in [2.75, 3.05) is 25.5 Å². The molecule has 0 aromatic carbocycles. The highest BCUT2D eigenvalue weighted by Crippen LogP contribution is 2.38. The maximum Gasteiger partial charge on any atom is 0.277 e. The van der Waals surface area contributed by atoms with Gasteiger partial charge in [-0.1, -0.05) is 0 Å². The van der Waals surface area contributed by atoms with Gasteiger partial charge in [-0.05, 0) is 43.9 Å². The molecule has 0 bridgehead atoms. The Morgan fingerprint density at radius 1 is 1.12 bits per heavy atom. The lowest BCUT2D eigenvalue weighted by molar-refractivity contribution is -0.138. The average Bonchev–Trinajstić information content (AvgIpc) is 3.60. The third-order valence-electron chi connectivity index (χ3n) is 5.89. The lowest BCUT2D eigenvalue weighted by Crippen LogP contribution is -2.40. The van der Waals surface area contributed by atoms with Crippen molar-refractivity contribution in [3.05, 3.63) is 47.9 Å². The van der Waals surface area contributed by atoms with Crippen LogP contribution in [0, 0.1) is 0 Å². The number of hydrogen-bond acceptors (Lipinski definition) is 7. The molecule has 2 aromatic heterocycles. The Labute approximate surface area is 185 Å². The van der Waals surface area contributed by atoms with Gasteiger partial charge in [0.25, 0.3) is 11.8 Å². The first-order valence-corrected chi connectivity index (χ1v) is 10.7. The molecule has 32 heavy (non-hydrogen) atoms. The second-order valence-corrected chi connectivity index (χ2v) is 8.13. The zero-order chi connectivity index (χ0) is 22.2. The largest absolute Gasteiger partial charge is 0.481 e. The Hall–Kier alpha value is -3.75. The molecule has 9 nitrogen and oxygen atoms in total. The quantitative estimate of drug-likeness (QED) is 0.695. The number of imide groups is 1. The zero-order valence-electron chi connectivity index (χ0n) is 17.7. The van der Waals surface area contributed by atoms with E-state index in [0.29, 0.717) is 35.8 Å². The molecule has 0 atom stereocenters. The molecule has 0 radical (unpaired) electrons. The molecule has 9 heteroatoms. The number of hydrogen-bond donors (Lipinski definition) is 1. The first-order valence-electron chi connectivity index (χ1n) is 10.7. The summed E-state index contributed by atoms with van der Waals surface area (Å²) in [5, 5.41) is 2.83. The van der Waals surface area contributed by atoms with Gasteiger partial charge < -0.3 is 15.0 Å². The summed E-state index contributed by atoms with van der Waals surface area (Å²) in [6, 6.07) is 7.21. The van der Waals surface area contributed by atoms with Crippen LogP contribution in [0.3, 0.4) is 0 Å². The minimum Gasteiger partial charge on any atom is -0.481 e. The molecule has 3 aliphatic rings. The summed E-state index contributed by atoms with van der Waals surface area (Å²) in [5.41, 5.74) is 3.07. The second-order valence-electron chi connectivity index (χ2n) is 8.13. The Bertz CT molecular complexity index is 1110. The SMILES string of the molecule is COc1ccc(-c2ccc(NC(=O)CN3CCCC4=C3C(=O)N(C3CC3)C4=O)cn2)cn1. The van der Waals surface area contributed by atoms with Crippen LogP contribution in [0.1, 0.15) is 25.7 Å². The molecule has 164 valence electrons. The number of carbonyl (C=O) groups excluding carboxylic acids is 3. The van der Waals surface area contributed by atoms with Crippen molar-refractivity contribution in [1.82, 2.24) is 19.8 Å². The third kappa shape index (κ3) is 3.70. The number of methoxy groups -OCH3 is 1. The van der Waals surface area contributed by atoms with Crippen molar-refractivity contribution in [3.63, 3.8) is 0 Å². The normalized spacial score (nSPS) is 18.2. The number of rotatable bonds is 6. The molecule has 0 spiro atoms. The first-order chi connectivity index (χ1) is 15.5. The van der Waals surface area contributed by atoms with Crippen LogP contribution in [0.15, 0.2) is 47.9 Å². The smallest absolute Gasteiger partial charge is 0.277 e. The fourth-order valence-electron chi connectivity index (χ4n) is 4.18. The molecule has 1 saturated carbocycles. The minimum atomic E-state index is -0.260. The minimum absolute atomic E-state index is 0.0144. The average molecular weight is 433 g/mol. The topological polar surface area (TPSA) is 105 Å². The van der Waals surface area contributed by atoms with Gasteiger partial charge in [0, 0.05) is 36.0 Å². The number of ether oxygens (including phenoxy) is 1. The number of nitrogens with zero attached hydrogens (tertiary/aromatic N) is 4. The van der Waals surface area contributed by atoms with Gasteiger partial charge in [-0.15, -0.1) is 0 Å². The van der Waals surface area contributed by atoms with Crippen LogP contribution in [-0.4, -0.2) is 63.7 Å². The van der Waals surface area contributed by atoms with Crippen molar-refractivity contribution in [2.45, 2.75) is 31.7 Å². The van der Waals surface area contributed by atoms with Crippen LogP contribution in [0.25, 0.3) is 11.3 Å². The standard InChI is InChI=1S/C23H23N5O4/c1-32-20-9-4-14(11-25-20)18-8-5-15(12-24-18)26-19(29)13-27-10-2-3-17-21(27)23(31)28(22(17)30)16-6-7-16/h4-5,8-9,11-12,16H,2-3,6-7,10,13H2,1H3,(H,26,29). The van der Waals surface area contributed by atoms with E-state index in [1.807, 2.05) is 6.07 Å². The summed E-state index contributed by atoms with van der Waals surface area (Å²) >= 11 is 0. The molecule has 1 fully saturated rings. The monoisotopic (exact) mass is 433 g/mol. The van der Waals surface area contributed by atoms with E-state index in [-0.39, 0.29) is 30.3 Å². The van der Waals surface area contributed by atoms with Crippen molar-refractivity contribution in [3.8, 4) is 17.1 Å². The van der Waals surface area contributed by atoms with Crippen LogP contribution < -0.4 is 10.1 Å². The van der Waals surface area contributed by atoms with Gasteiger partial charge in [-0.25, -0.2) is 4.98 Å². The third-order valence-corrected chi connectivity index (χ3v) is 5.89. The number of anilines is 1. The summed E-state index contributed by atoms with van der Waals surface area (Å²) < 4.78 is 5.06. The molecule has 1 aliphatic carbocycles. The maximum absolute atomic E-state index is 12.8. The molecule has 2 aromatic rings. The molecule has 0 saturated heterocycles. The number of carbonyl (C=O) groups is 3. The van der Waals surface area contributed by atoms with Gasteiger partial charge in [0.1, 0.15) is 5.70 Å². The van der Waals surface area contributed by atoms with Crippen LogP contribution in [0.2, 0.25) is 0 Å². The Balaban J connectivity index is 1.24. The summed E-state index contributed by atoms with van der Waals surface area (Å²) in [5.74, 6) is -0.162. The molecule has 4 heterocycles. The van der Waals surface area contributed by atoms with E-state index in [2.05, 4.69) is 15.3 Å². The Morgan fingerprint density at radius 3 is 2.62 bits per heavy atom. The van der Waals surface area contributed by atoms with E-state index in [9.17, 15) is 14.4 Å². The van der Waals surface area contributed by atoms with Crippen molar-refractivity contribution >= 4 is 23.4 Å². The predicted octanol–water partition coefficient (Wildman–Crippen LogP) is 1.97. The van der Waals surface area contributed by atoms with Crippen LogP contribution in [0.4, 0.5) is 5.69 Å². The molecular formula is C23H23N5O4. The highest BCUT2D eigenvalue weighted by Gasteiger charge is 2.48. The fraction of sp³-hybridized carbons (Fsp3) is 0.348. The molecular weight excluding hydrogens is 410 g/mol. The molecule has 1 N–H and O–H groups in total. The van der Waals surface area contributed by atoms with Crippen molar-refractivity contribution in [1.29, 1.82) is 0 Å². The number of aromatic nitrogens is 2. The van der Waals surface area contributed by atoms with E-state index < -0.39 is 0 Å². The lowest BCUT2D eigenvalue weighted by Gasteiger charge is -2.28. The van der Waals surface area contributed by atoms with Crippen LogP contribution in [-0.2, 0) is 14.4 Å². The van der Waals surface area contributed by atoms with Gasteiger partial charge in [0.2, 0.25) is 11.8 Å². The first kappa shape index (κ1) is 20.2. The number of amides is 3. The highest BCUT2D eigenvalue weighted by molar-refractivity contribution is 6.19. The molecule has 3 amide bonds. The van der Waals surface area contributed by atoms with Gasteiger partial charge in [-0.2, -0.15) is 0 Å². The second kappa shape index (κ2) is 8.07. The zero-order valence-corrected chi connectivity index (χ0v) is 17.7. The number of pyridine rings is 2. The predicted molar refractivity (Wildman–Crippen MR) is 115 cm³/mol. The van der Waals surface area contributed by atoms with Crippen molar-refractivity contribution < 1.29 is 19.1 Å². The van der Waals surface area contributed by atoms with Crippen LogP contribution >= 0.6 is 0 Å². The van der Waals surface area contributed by atoms with Gasteiger partial charge >= 0.3 is 0 Å². The van der Waals surface area contributed by atoms with Crippen molar-refractivity contribution in [2.24, 2.45) is 0 Å². The maximum atomic E-state index is 12.8. The summed E-state index contributed by atoms with van der Waals surface area (Å²) in [6.45, 7) is 0.589. The van der Waals surface area contributed by atoms with Gasteiger partial charge in [0.15, 0.2) is 0 Å². The lowest BCUT2D eigenvalue weighted by atomic mass is 10.0. The van der Waals surface area contributed by atoms with E-state index in [1.54, 1.807) is 42.6 Å². The van der Waals surface area contributed by atoms with Crippen LogP contribution in [0.5, 0.6) is 5.88 Å². The van der Waals surface area contributed by atoms with E-state index in [0.717, 1.165) is 30.5 Å². The Morgan fingerprint density at radius 2 is 1.97 bits per heavy atom. The fourth-order valence-corrected chi connectivity index (χ4v) is 4.18. The summed E-state index contributed by atoms with van der Waals surface area (Å²) in [4.78, 5) is 49.8. The highest BCUT2D eigenvalue weighted by atomic mass is 16.5. The molecule has 5 rings (SSSR count). The summed E-state index contributed by atoms with van der Waals surface area (Å²) in [7, 11) is 1.56. The Kier molecular flexibility index (Phi) is 5.08. The molecule has 2 aliphatic heterocycles. The van der Waals surface area contributed by atoms with E-state index in [4.69, 9.17) is 4.74 Å².